The molecule has 0 aromatic heterocycles. The Morgan fingerprint density at radius 1 is 1.38 bits per heavy atom. The highest BCUT2D eigenvalue weighted by molar-refractivity contribution is 7.99. The van der Waals surface area contributed by atoms with Crippen LogP contribution in [0, 0.1) is 0 Å². The summed E-state index contributed by atoms with van der Waals surface area (Å²) in [5.74, 6) is 0.404. The van der Waals surface area contributed by atoms with Gasteiger partial charge in [-0.25, -0.2) is 0 Å². The Hall–Kier alpha value is -1.74. The minimum absolute atomic E-state index is 0.221. The molecule has 0 saturated carbocycles. The second-order valence-corrected chi connectivity index (χ2v) is 6.25. The van der Waals surface area contributed by atoms with Gasteiger partial charge in [-0.2, -0.15) is 13.2 Å². The summed E-state index contributed by atoms with van der Waals surface area (Å²) in [6.45, 7) is 1.73. The van der Waals surface area contributed by atoms with Gasteiger partial charge in [0.15, 0.2) is 0 Å². The van der Waals surface area contributed by atoms with E-state index in [0.717, 1.165) is 6.07 Å². The van der Waals surface area contributed by atoms with Crippen LogP contribution < -0.4 is 10.6 Å². The van der Waals surface area contributed by atoms with Gasteiger partial charge in [0.1, 0.15) is 0 Å². The lowest BCUT2D eigenvalue weighted by Gasteiger charge is -2.23. The number of alkyl halides is 3. The summed E-state index contributed by atoms with van der Waals surface area (Å²) in [7, 11) is 0. The van der Waals surface area contributed by atoms with E-state index in [0.29, 0.717) is 18.2 Å². The van der Waals surface area contributed by atoms with Crippen LogP contribution in [0.1, 0.15) is 12.5 Å². The van der Waals surface area contributed by atoms with Gasteiger partial charge in [-0.3, -0.25) is 14.9 Å². The van der Waals surface area contributed by atoms with E-state index in [2.05, 4.69) is 10.6 Å². The molecule has 2 amide bonds. The first-order valence-electron chi connectivity index (χ1n) is 7.39. The highest BCUT2D eigenvalue weighted by Gasteiger charge is 2.34. The summed E-state index contributed by atoms with van der Waals surface area (Å²) in [6, 6.07) is 4.40. The van der Waals surface area contributed by atoms with Crippen molar-refractivity contribution in [3.05, 3.63) is 29.8 Å². The molecule has 1 aliphatic rings. The van der Waals surface area contributed by atoms with Crippen LogP contribution in [-0.4, -0.2) is 47.5 Å². The van der Waals surface area contributed by atoms with Gasteiger partial charge in [0.2, 0.25) is 11.8 Å². The molecule has 1 saturated heterocycles. The molecular weight excluding hydrogens is 343 g/mol. The van der Waals surface area contributed by atoms with Gasteiger partial charge in [0.25, 0.3) is 0 Å². The maximum Gasteiger partial charge on any atom is 0.418 e. The number of rotatable bonds is 5. The smallest absolute Gasteiger partial charge is 0.332 e. The molecule has 24 heavy (non-hydrogen) atoms. The molecule has 1 aromatic rings. The summed E-state index contributed by atoms with van der Waals surface area (Å²) in [6.07, 6.45) is -4.56. The highest BCUT2D eigenvalue weighted by atomic mass is 32.2. The fourth-order valence-corrected chi connectivity index (χ4v) is 3.26. The van der Waals surface area contributed by atoms with E-state index < -0.39 is 17.6 Å². The molecule has 2 N–H and O–H groups in total. The summed E-state index contributed by atoms with van der Waals surface area (Å²) in [5, 5.41) is 5.26. The van der Waals surface area contributed by atoms with Crippen LogP contribution in [0.25, 0.3) is 0 Å². The zero-order valence-corrected chi connectivity index (χ0v) is 13.8. The standard InChI is InChI=1S/C15H18F3N3O2S/c1-2-21(14(23)12-8-24-9-19-12)7-13(22)20-11-6-4-3-5-10(11)15(16,17)18/h3-6,12,19H,2,7-9H2,1H3,(H,20,22)/t12-/m1/s1. The maximum absolute atomic E-state index is 12.9. The number of halogens is 3. The van der Waals surface area contributed by atoms with Crippen molar-refractivity contribution in [1.82, 2.24) is 10.2 Å². The van der Waals surface area contributed by atoms with Crippen LogP contribution >= 0.6 is 11.8 Å². The molecule has 1 fully saturated rings. The van der Waals surface area contributed by atoms with Crippen molar-refractivity contribution in [2.75, 3.05) is 30.0 Å². The van der Waals surface area contributed by atoms with Crippen molar-refractivity contribution < 1.29 is 22.8 Å². The Bertz CT molecular complexity index is 604. The third-order valence-corrected chi connectivity index (χ3v) is 4.49. The number of benzene rings is 1. The number of likely N-dealkylation sites (N-methyl/N-ethyl adjacent to an activating group) is 1. The van der Waals surface area contributed by atoms with E-state index >= 15 is 0 Å². The number of carbonyl (C=O) groups excluding carboxylic acids is 2. The van der Waals surface area contributed by atoms with E-state index in [1.54, 1.807) is 18.7 Å². The molecule has 1 atom stereocenters. The summed E-state index contributed by atoms with van der Waals surface area (Å²) < 4.78 is 38.8. The molecule has 0 radical (unpaired) electrons. The summed E-state index contributed by atoms with van der Waals surface area (Å²) >= 11 is 1.58. The van der Waals surface area contributed by atoms with Crippen LogP contribution in [0.2, 0.25) is 0 Å². The molecule has 1 aliphatic heterocycles. The quantitative estimate of drug-likeness (QED) is 0.844. The van der Waals surface area contributed by atoms with Crippen molar-refractivity contribution in [2.45, 2.75) is 19.1 Å². The molecule has 1 heterocycles. The van der Waals surface area contributed by atoms with Crippen LogP contribution in [0.4, 0.5) is 18.9 Å². The Labute approximate surface area is 142 Å². The van der Waals surface area contributed by atoms with E-state index in [4.69, 9.17) is 0 Å². The SMILES string of the molecule is CCN(CC(=O)Nc1ccccc1C(F)(F)F)C(=O)[C@H]1CSCN1. The van der Waals surface area contributed by atoms with E-state index in [-0.39, 0.29) is 24.2 Å². The largest absolute Gasteiger partial charge is 0.418 e. The number of carbonyl (C=O) groups is 2. The van der Waals surface area contributed by atoms with Gasteiger partial charge in [0.05, 0.1) is 23.8 Å². The van der Waals surface area contributed by atoms with Crippen molar-refractivity contribution in [3.8, 4) is 0 Å². The third kappa shape index (κ3) is 4.64. The van der Waals surface area contributed by atoms with Crippen LogP contribution in [0.15, 0.2) is 24.3 Å². The maximum atomic E-state index is 12.9. The first-order chi connectivity index (χ1) is 11.3. The predicted octanol–water partition coefficient (Wildman–Crippen LogP) is 2.15. The molecule has 2 rings (SSSR count). The number of para-hydroxylation sites is 1. The van der Waals surface area contributed by atoms with E-state index in [1.165, 1.54) is 23.1 Å². The lowest BCUT2D eigenvalue weighted by Crippen LogP contribution is -2.47. The van der Waals surface area contributed by atoms with Gasteiger partial charge in [-0.1, -0.05) is 12.1 Å². The normalized spacial score (nSPS) is 17.6. The topological polar surface area (TPSA) is 61.4 Å². The Morgan fingerprint density at radius 3 is 2.67 bits per heavy atom. The summed E-state index contributed by atoms with van der Waals surface area (Å²) in [5.41, 5.74) is -1.23. The minimum Gasteiger partial charge on any atom is -0.332 e. The molecule has 9 heteroatoms. The average Bonchev–Trinajstić information content (AvgIpc) is 3.06. The number of hydrogen-bond donors (Lipinski definition) is 2. The van der Waals surface area contributed by atoms with Gasteiger partial charge in [-0.05, 0) is 19.1 Å². The fourth-order valence-electron chi connectivity index (χ4n) is 2.32. The average molecular weight is 361 g/mol. The van der Waals surface area contributed by atoms with Gasteiger partial charge >= 0.3 is 6.18 Å². The van der Waals surface area contributed by atoms with Gasteiger partial charge in [0, 0.05) is 18.2 Å². The van der Waals surface area contributed by atoms with Gasteiger partial charge in [-0.15, -0.1) is 11.8 Å². The number of anilines is 1. The Balaban J connectivity index is 2.03. The van der Waals surface area contributed by atoms with Crippen LogP contribution in [0.3, 0.4) is 0 Å². The van der Waals surface area contributed by atoms with Gasteiger partial charge < -0.3 is 10.2 Å². The number of thioether (sulfide) groups is 1. The second kappa shape index (κ2) is 7.89. The number of hydrogen-bond acceptors (Lipinski definition) is 4. The monoisotopic (exact) mass is 361 g/mol. The van der Waals surface area contributed by atoms with Crippen molar-refractivity contribution >= 4 is 29.3 Å². The number of nitrogens with zero attached hydrogens (tertiary/aromatic N) is 1. The number of amides is 2. The Morgan fingerprint density at radius 2 is 2.08 bits per heavy atom. The van der Waals surface area contributed by atoms with Crippen molar-refractivity contribution in [1.29, 1.82) is 0 Å². The van der Waals surface area contributed by atoms with E-state index in [9.17, 15) is 22.8 Å². The molecule has 0 bridgehead atoms. The zero-order valence-electron chi connectivity index (χ0n) is 13.0. The second-order valence-electron chi connectivity index (χ2n) is 5.22. The van der Waals surface area contributed by atoms with Crippen LogP contribution in [-0.2, 0) is 15.8 Å². The third-order valence-electron chi connectivity index (χ3n) is 3.55. The number of nitrogens with one attached hydrogen (secondary N) is 2. The lowest BCUT2D eigenvalue weighted by atomic mass is 10.1. The van der Waals surface area contributed by atoms with Crippen molar-refractivity contribution in [3.63, 3.8) is 0 Å². The first-order valence-corrected chi connectivity index (χ1v) is 8.54. The molecular formula is C15H18F3N3O2S. The molecule has 5 nitrogen and oxygen atoms in total. The Kier molecular flexibility index (Phi) is 6.11. The molecule has 0 unspecified atom stereocenters. The molecule has 0 aliphatic carbocycles. The molecule has 0 spiro atoms. The first kappa shape index (κ1) is 18.6. The minimum atomic E-state index is -4.56. The predicted molar refractivity (Wildman–Crippen MR) is 86.6 cm³/mol. The van der Waals surface area contributed by atoms with E-state index in [1.807, 2.05) is 0 Å². The summed E-state index contributed by atoms with van der Waals surface area (Å²) in [4.78, 5) is 25.7. The molecule has 1 aromatic carbocycles. The lowest BCUT2D eigenvalue weighted by molar-refractivity contribution is -0.137. The zero-order chi connectivity index (χ0) is 17.7. The van der Waals surface area contributed by atoms with Crippen molar-refractivity contribution in [2.24, 2.45) is 0 Å². The van der Waals surface area contributed by atoms with Crippen LogP contribution in [0.5, 0.6) is 0 Å². The molecule has 132 valence electrons. The fraction of sp³-hybridized carbons (Fsp3) is 0.467. The highest BCUT2D eigenvalue weighted by Crippen LogP contribution is 2.34.